The van der Waals surface area contributed by atoms with Crippen molar-refractivity contribution in [3.05, 3.63) is 77.9 Å². The van der Waals surface area contributed by atoms with E-state index in [9.17, 15) is 9.59 Å². The number of rotatable bonds is 5. The van der Waals surface area contributed by atoms with Crippen LogP contribution in [-0.2, 0) is 22.4 Å². The number of ether oxygens (including phenoxy) is 1. The summed E-state index contributed by atoms with van der Waals surface area (Å²) in [6.07, 6.45) is 0.736. The van der Waals surface area contributed by atoms with E-state index in [2.05, 4.69) is 18.2 Å². The Kier molecular flexibility index (Phi) is 5.98. The molecule has 0 bridgehead atoms. The van der Waals surface area contributed by atoms with Crippen LogP contribution in [0.4, 0.5) is 0 Å². The summed E-state index contributed by atoms with van der Waals surface area (Å²) in [5, 5.41) is 2.27. The average Bonchev–Trinajstić information content (AvgIpc) is 2.79. The molecule has 0 aliphatic carbocycles. The molecule has 1 aliphatic rings. The lowest BCUT2D eigenvalue weighted by atomic mass is 10.0. The Morgan fingerprint density at radius 3 is 2.17 bits per heavy atom. The third-order valence-corrected chi connectivity index (χ3v) is 5.70. The zero-order valence-electron chi connectivity index (χ0n) is 17.2. The van der Waals surface area contributed by atoms with Crippen molar-refractivity contribution in [2.45, 2.75) is 12.8 Å². The van der Waals surface area contributed by atoms with Crippen molar-refractivity contribution in [2.75, 3.05) is 33.3 Å². The van der Waals surface area contributed by atoms with E-state index in [-0.39, 0.29) is 11.8 Å². The van der Waals surface area contributed by atoms with Crippen LogP contribution in [0, 0.1) is 0 Å². The lowest BCUT2D eigenvalue weighted by Crippen LogP contribution is -2.51. The van der Waals surface area contributed by atoms with Crippen molar-refractivity contribution in [3.8, 4) is 5.75 Å². The standard InChI is InChI=1S/C25H26N2O3/c1-30-22-10-4-6-19(16-22)17-24(28)26-12-14-27(15-13-26)25(29)18-21-9-5-8-20-7-2-3-11-23(20)21/h2-11,16H,12-15,17-18H2,1H3. The lowest BCUT2D eigenvalue weighted by molar-refractivity contribution is -0.138. The number of amides is 2. The minimum absolute atomic E-state index is 0.0874. The van der Waals surface area contributed by atoms with Gasteiger partial charge in [0.1, 0.15) is 5.75 Å². The van der Waals surface area contributed by atoms with Gasteiger partial charge in [0.05, 0.1) is 20.0 Å². The topological polar surface area (TPSA) is 49.9 Å². The Balaban J connectivity index is 1.33. The first-order valence-corrected chi connectivity index (χ1v) is 10.3. The highest BCUT2D eigenvalue weighted by atomic mass is 16.5. The number of carbonyl (C=O) groups excluding carboxylic acids is 2. The van der Waals surface area contributed by atoms with Gasteiger partial charge in [-0.3, -0.25) is 9.59 Å². The Morgan fingerprint density at radius 2 is 1.43 bits per heavy atom. The fourth-order valence-electron chi connectivity index (χ4n) is 4.00. The minimum Gasteiger partial charge on any atom is -0.497 e. The molecule has 5 heteroatoms. The van der Waals surface area contributed by atoms with E-state index in [0.29, 0.717) is 39.0 Å². The van der Waals surface area contributed by atoms with Gasteiger partial charge in [0, 0.05) is 26.2 Å². The summed E-state index contributed by atoms with van der Waals surface area (Å²) in [4.78, 5) is 29.2. The lowest BCUT2D eigenvalue weighted by Gasteiger charge is -2.35. The molecule has 3 aromatic carbocycles. The van der Waals surface area contributed by atoms with Gasteiger partial charge in [0.15, 0.2) is 0 Å². The summed E-state index contributed by atoms with van der Waals surface area (Å²) < 4.78 is 5.23. The first-order valence-electron chi connectivity index (χ1n) is 10.3. The summed E-state index contributed by atoms with van der Waals surface area (Å²) >= 11 is 0. The maximum Gasteiger partial charge on any atom is 0.227 e. The number of hydrogen-bond donors (Lipinski definition) is 0. The van der Waals surface area contributed by atoms with Crippen LogP contribution < -0.4 is 4.74 Å². The molecule has 1 heterocycles. The molecule has 1 aliphatic heterocycles. The molecule has 0 radical (unpaired) electrons. The van der Waals surface area contributed by atoms with E-state index in [1.165, 1.54) is 0 Å². The summed E-state index contributed by atoms with van der Waals surface area (Å²) in [6, 6.07) is 21.8. The molecule has 3 aromatic rings. The number of nitrogens with zero attached hydrogens (tertiary/aromatic N) is 2. The van der Waals surface area contributed by atoms with Crippen molar-refractivity contribution in [3.63, 3.8) is 0 Å². The number of fused-ring (bicyclic) bond motifs is 1. The van der Waals surface area contributed by atoms with E-state index in [0.717, 1.165) is 27.6 Å². The molecular formula is C25H26N2O3. The van der Waals surface area contributed by atoms with Crippen LogP contribution in [0.3, 0.4) is 0 Å². The van der Waals surface area contributed by atoms with Crippen molar-refractivity contribution in [1.29, 1.82) is 0 Å². The molecule has 2 amide bonds. The van der Waals surface area contributed by atoms with E-state index in [4.69, 9.17) is 4.74 Å². The van der Waals surface area contributed by atoms with E-state index in [1.54, 1.807) is 7.11 Å². The number of benzene rings is 3. The van der Waals surface area contributed by atoms with Crippen molar-refractivity contribution >= 4 is 22.6 Å². The number of piperazine rings is 1. The van der Waals surface area contributed by atoms with Crippen LogP contribution in [0.2, 0.25) is 0 Å². The molecule has 0 N–H and O–H groups in total. The van der Waals surface area contributed by atoms with Gasteiger partial charge < -0.3 is 14.5 Å². The van der Waals surface area contributed by atoms with Crippen LogP contribution in [0.1, 0.15) is 11.1 Å². The molecule has 0 atom stereocenters. The van der Waals surface area contributed by atoms with Crippen LogP contribution in [-0.4, -0.2) is 54.9 Å². The van der Waals surface area contributed by atoms with Gasteiger partial charge in [-0.05, 0) is 34.0 Å². The summed E-state index contributed by atoms with van der Waals surface area (Å²) in [5.41, 5.74) is 1.99. The van der Waals surface area contributed by atoms with Gasteiger partial charge in [0.2, 0.25) is 11.8 Å². The van der Waals surface area contributed by atoms with E-state index in [1.807, 2.05) is 58.3 Å². The third kappa shape index (κ3) is 4.46. The normalized spacial score (nSPS) is 14.0. The molecule has 30 heavy (non-hydrogen) atoms. The highest BCUT2D eigenvalue weighted by molar-refractivity contribution is 5.90. The second-order valence-corrected chi connectivity index (χ2v) is 7.60. The molecule has 0 saturated carbocycles. The molecule has 0 aromatic heterocycles. The molecule has 4 rings (SSSR count). The van der Waals surface area contributed by atoms with Crippen molar-refractivity contribution in [1.82, 2.24) is 9.80 Å². The Bertz CT molecular complexity index is 1050. The molecule has 5 nitrogen and oxygen atoms in total. The Labute approximate surface area is 176 Å². The van der Waals surface area contributed by atoms with Gasteiger partial charge in [-0.25, -0.2) is 0 Å². The van der Waals surface area contributed by atoms with Crippen LogP contribution in [0.15, 0.2) is 66.7 Å². The number of carbonyl (C=O) groups is 2. The molecular weight excluding hydrogens is 376 g/mol. The maximum absolute atomic E-state index is 12.9. The van der Waals surface area contributed by atoms with Gasteiger partial charge in [0.25, 0.3) is 0 Å². The predicted molar refractivity (Wildman–Crippen MR) is 118 cm³/mol. The quantitative estimate of drug-likeness (QED) is 0.658. The second kappa shape index (κ2) is 8.99. The van der Waals surface area contributed by atoms with Gasteiger partial charge in [-0.15, -0.1) is 0 Å². The maximum atomic E-state index is 12.9. The first-order chi connectivity index (χ1) is 14.6. The van der Waals surface area contributed by atoms with Crippen molar-refractivity contribution < 1.29 is 14.3 Å². The van der Waals surface area contributed by atoms with Crippen molar-refractivity contribution in [2.24, 2.45) is 0 Å². The largest absolute Gasteiger partial charge is 0.497 e. The highest BCUT2D eigenvalue weighted by Gasteiger charge is 2.24. The summed E-state index contributed by atoms with van der Waals surface area (Å²) in [5.74, 6) is 0.958. The zero-order chi connectivity index (χ0) is 20.9. The number of hydrogen-bond acceptors (Lipinski definition) is 3. The van der Waals surface area contributed by atoms with E-state index >= 15 is 0 Å². The molecule has 154 valence electrons. The fourth-order valence-corrected chi connectivity index (χ4v) is 4.00. The van der Waals surface area contributed by atoms with E-state index < -0.39 is 0 Å². The van der Waals surface area contributed by atoms with Crippen LogP contribution >= 0.6 is 0 Å². The van der Waals surface area contributed by atoms with Crippen LogP contribution in [0.5, 0.6) is 5.75 Å². The molecule has 1 saturated heterocycles. The number of methoxy groups -OCH3 is 1. The van der Waals surface area contributed by atoms with Gasteiger partial charge in [-0.1, -0.05) is 54.6 Å². The van der Waals surface area contributed by atoms with Gasteiger partial charge >= 0.3 is 0 Å². The fraction of sp³-hybridized carbons (Fsp3) is 0.280. The Morgan fingerprint density at radius 1 is 0.800 bits per heavy atom. The average molecular weight is 402 g/mol. The molecule has 1 fully saturated rings. The van der Waals surface area contributed by atoms with Gasteiger partial charge in [-0.2, -0.15) is 0 Å². The summed E-state index contributed by atoms with van der Waals surface area (Å²) in [7, 11) is 1.62. The Hall–Kier alpha value is -3.34. The molecule has 0 unspecified atom stereocenters. The van der Waals surface area contributed by atoms with Crippen LogP contribution in [0.25, 0.3) is 10.8 Å². The molecule has 0 spiro atoms. The highest BCUT2D eigenvalue weighted by Crippen LogP contribution is 2.20. The SMILES string of the molecule is COc1cccc(CC(=O)N2CCN(C(=O)Cc3cccc4ccccc34)CC2)c1. The first kappa shape index (κ1) is 20.0. The summed E-state index contributed by atoms with van der Waals surface area (Å²) in [6.45, 7) is 2.30. The smallest absolute Gasteiger partial charge is 0.227 e. The third-order valence-electron chi connectivity index (χ3n) is 5.70. The minimum atomic E-state index is 0.0874. The monoisotopic (exact) mass is 402 g/mol. The second-order valence-electron chi connectivity index (χ2n) is 7.60. The zero-order valence-corrected chi connectivity index (χ0v) is 17.2. The predicted octanol–water partition coefficient (Wildman–Crippen LogP) is 3.30.